The average molecular weight is 510 g/mol. The number of halogens is 1. The van der Waals surface area contributed by atoms with Crippen LogP contribution in [0.3, 0.4) is 0 Å². The first-order valence-electron chi connectivity index (χ1n) is 12.8. The molecule has 37 heavy (non-hydrogen) atoms. The number of aliphatic carboxylic acids is 1. The van der Waals surface area contributed by atoms with Crippen LogP contribution in [0.4, 0.5) is 14.9 Å². The standard InChI is InChI=1S/C28H32FN3O5/c1-16-6-8-18(13-22(16)29)21(27(33)34)14-25-30-26-20-9-7-17(2)31(28(35)36-3)23(20)10-11-24(26)32(25)19-5-4-12-37-15-19/h6,8,10-11,13,17,19,21H,4-5,7,9,12,14-15H2,1-3H3,(H,33,34)/t17-,19+,21+/m0/s1. The van der Waals surface area contributed by atoms with E-state index in [1.807, 2.05) is 19.1 Å². The van der Waals surface area contributed by atoms with Gasteiger partial charge in [-0.3, -0.25) is 9.69 Å². The molecule has 2 aromatic carbocycles. The fraction of sp³-hybridized carbons (Fsp3) is 0.464. The van der Waals surface area contributed by atoms with Gasteiger partial charge in [-0.2, -0.15) is 0 Å². The molecule has 8 nitrogen and oxygen atoms in total. The monoisotopic (exact) mass is 509 g/mol. The van der Waals surface area contributed by atoms with Crippen molar-refractivity contribution in [3.8, 4) is 0 Å². The van der Waals surface area contributed by atoms with Crippen molar-refractivity contribution in [1.82, 2.24) is 9.55 Å². The third-order valence-corrected chi connectivity index (χ3v) is 7.68. The fourth-order valence-corrected chi connectivity index (χ4v) is 5.66. The molecule has 1 N–H and O–H groups in total. The van der Waals surface area contributed by atoms with E-state index in [2.05, 4.69) is 4.57 Å². The number of imidazole rings is 1. The smallest absolute Gasteiger partial charge is 0.414 e. The first kappa shape index (κ1) is 25.2. The molecule has 196 valence electrons. The first-order chi connectivity index (χ1) is 17.8. The lowest BCUT2D eigenvalue weighted by Gasteiger charge is -2.34. The van der Waals surface area contributed by atoms with E-state index >= 15 is 0 Å². The minimum absolute atomic E-state index is 0.00947. The van der Waals surface area contributed by atoms with Gasteiger partial charge in [0.15, 0.2) is 0 Å². The van der Waals surface area contributed by atoms with E-state index in [-0.39, 0.29) is 18.5 Å². The lowest BCUT2D eigenvalue weighted by Crippen LogP contribution is -2.42. The number of fused-ring (bicyclic) bond motifs is 3. The van der Waals surface area contributed by atoms with E-state index in [1.165, 1.54) is 13.2 Å². The van der Waals surface area contributed by atoms with Gasteiger partial charge in [0.2, 0.25) is 0 Å². The van der Waals surface area contributed by atoms with Crippen molar-refractivity contribution in [2.24, 2.45) is 0 Å². The molecule has 3 atom stereocenters. The number of benzene rings is 2. The number of nitrogens with zero attached hydrogens (tertiary/aromatic N) is 3. The van der Waals surface area contributed by atoms with E-state index in [0.717, 1.165) is 48.0 Å². The van der Waals surface area contributed by atoms with Gasteiger partial charge < -0.3 is 19.1 Å². The van der Waals surface area contributed by atoms with Crippen LogP contribution < -0.4 is 4.90 Å². The summed E-state index contributed by atoms with van der Waals surface area (Å²) < 4.78 is 27.3. The molecule has 2 aliphatic heterocycles. The highest BCUT2D eigenvalue weighted by molar-refractivity contribution is 5.95. The number of methoxy groups -OCH3 is 1. The van der Waals surface area contributed by atoms with Gasteiger partial charge in [-0.25, -0.2) is 14.2 Å². The molecule has 1 aromatic heterocycles. The third-order valence-electron chi connectivity index (χ3n) is 7.68. The molecular formula is C28H32FN3O5. The van der Waals surface area contributed by atoms with Gasteiger partial charge in [0.05, 0.1) is 42.4 Å². The average Bonchev–Trinajstić information content (AvgIpc) is 3.27. The second-order valence-electron chi connectivity index (χ2n) is 10.0. The highest BCUT2D eigenvalue weighted by Gasteiger charge is 2.33. The molecule has 0 radical (unpaired) electrons. The summed E-state index contributed by atoms with van der Waals surface area (Å²) in [5.41, 5.74) is 4.24. The van der Waals surface area contributed by atoms with Gasteiger partial charge in [0.1, 0.15) is 11.6 Å². The molecule has 3 aromatic rings. The van der Waals surface area contributed by atoms with Crippen molar-refractivity contribution in [3.05, 3.63) is 58.7 Å². The number of amides is 1. The van der Waals surface area contributed by atoms with Gasteiger partial charge in [-0.1, -0.05) is 12.1 Å². The van der Waals surface area contributed by atoms with Gasteiger partial charge in [-0.15, -0.1) is 0 Å². The number of carboxylic acids is 1. The van der Waals surface area contributed by atoms with Crippen LogP contribution in [0.2, 0.25) is 0 Å². The highest BCUT2D eigenvalue weighted by Crippen LogP contribution is 2.39. The van der Waals surface area contributed by atoms with Gasteiger partial charge in [0, 0.05) is 24.6 Å². The molecule has 0 spiro atoms. The summed E-state index contributed by atoms with van der Waals surface area (Å²) in [6, 6.07) is 8.47. The minimum Gasteiger partial charge on any atom is -0.481 e. The maximum absolute atomic E-state index is 14.4. The zero-order chi connectivity index (χ0) is 26.3. The normalized spacial score (nSPS) is 20.5. The van der Waals surface area contributed by atoms with Crippen molar-refractivity contribution in [1.29, 1.82) is 0 Å². The summed E-state index contributed by atoms with van der Waals surface area (Å²) in [5, 5.41) is 10.1. The van der Waals surface area contributed by atoms with E-state index in [9.17, 15) is 19.1 Å². The fourth-order valence-electron chi connectivity index (χ4n) is 5.66. The zero-order valence-corrected chi connectivity index (χ0v) is 21.4. The van der Waals surface area contributed by atoms with Gasteiger partial charge in [-0.05, 0) is 68.9 Å². The molecule has 9 heteroatoms. The molecule has 3 heterocycles. The molecule has 0 saturated carbocycles. The molecule has 1 saturated heterocycles. The summed E-state index contributed by atoms with van der Waals surface area (Å²) in [6.45, 7) is 4.85. The molecule has 0 aliphatic carbocycles. The van der Waals surface area contributed by atoms with E-state index in [0.29, 0.717) is 30.2 Å². The number of carboxylic acid groups (broad SMARTS) is 1. The second-order valence-corrected chi connectivity index (χ2v) is 10.0. The summed E-state index contributed by atoms with van der Waals surface area (Å²) in [4.78, 5) is 31.6. The Hall–Kier alpha value is -3.46. The number of ether oxygens (including phenoxy) is 2. The number of hydrogen-bond acceptors (Lipinski definition) is 5. The number of rotatable bonds is 5. The van der Waals surface area contributed by atoms with Crippen LogP contribution in [0.5, 0.6) is 0 Å². The van der Waals surface area contributed by atoms with Crippen LogP contribution in [-0.4, -0.2) is 53.1 Å². The summed E-state index contributed by atoms with van der Waals surface area (Å²) in [5.74, 6) is -1.80. The van der Waals surface area contributed by atoms with Crippen LogP contribution in [0, 0.1) is 12.7 Å². The molecule has 0 unspecified atom stereocenters. The molecule has 2 aliphatic rings. The maximum Gasteiger partial charge on any atom is 0.414 e. The highest BCUT2D eigenvalue weighted by atomic mass is 19.1. The maximum atomic E-state index is 14.4. The Balaban J connectivity index is 1.65. The van der Waals surface area contributed by atoms with Crippen molar-refractivity contribution < 1.29 is 28.6 Å². The Kier molecular flexibility index (Phi) is 6.90. The molecule has 1 fully saturated rings. The number of carbonyl (C=O) groups is 2. The predicted octanol–water partition coefficient (Wildman–Crippen LogP) is 5.15. The number of aryl methyl sites for hydroxylation is 2. The quantitative estimate of drug-likeness (QED) is 0.511. The van der Waals surface area contributed by atoms with Crippen LogP contribution in [0.15, 0.2) is 30.3 Å². The summed E-state index contributed by atoms with van der Waals surface area (Å²) in [7, 11) is 1.37. The first-order valence-corrected chi connectivity index (χ1v) is 12.8. The second kappa shape index (κ2) is 10.1. The summed E-state index contributed by atoms with van der Waals surface area (Å²) in [6.07, 6.45) is 2.97. The Labute approximate surface area is 215 Å². The number of aromatic nitrogens is 2. The number of anilines is 1. The number of hydrogen-bond donors (Lipinski definition) is 1. The van der Waals surface area contributed by atoms with Crippen LogP contribution in [0.1, 0.15) is 60.7 Å². The molecular weight excluding hydrogens is 477 g/mol. The van der Waals surface area contributed by atoms with Crippen molar-refractivity contribution in [2.75, 3.05) is 25.2 Å². The largest absolute Gasteiger partial charge is 0.481 e. The van der Waals surface area contributed by atoms with Crippen LogP contribution in [-0.2, 0) is 27.1 Å². The third kappa shape index (κ3) is 4.56. The van der Waals surface area contributed by atoms with E-state index < -0.39 is 23.8 Å². The van der Waals surface area contributed by atoms with E-state index in [4.69, 9.17) is 14.5 Å². The van der Waals surface area contributed by atoms with Crippen molar-refractivity contribution in [2.45, 2.75) is 64.0 Å². The molecule has 0 bridgehead atoms. The minimum atomic E-state index is -1.03. The lowest BCUT2D eigenvalue weighted by molar-refractivity contribution is -0.138. The SMILES string of the molecule is COC(=O)N1c2ccc3c(nc(C[C@@H](C(=O)O)c4ccc(C)c(F)c4)n3[C@@H]3CCCOC3)c2CC[C@@H]1C. The summed E-state index contributed by atoms with van der Waals surface area (Å²) >= 11 is 0. The Morgan fingerprint density at radius 2 is 2.08 bits per heavy atom. The Morgan fingerprint density at radius 1 is 1.27 bits per heavy atom. The lowest BCUT2D eigenvalue weighted by atomic mass is 9.94. The van der Waals surface area contributed by atoms with E-state index in [1.54, 1.807) is 24.0 Å². The Bertz CT molecular complexity index is 1350. The predicted molar refractivity (Wildman–Crippen MR) is 137 cm³/mol. The van der Waals surface area contributed by atoms with Crippen LogP contribution in [0.25, 0.3) is 11.0 Å². The van der Waals surface area contributed by atoms with Gasteiger partial charge in [0.25, 0.3) is 0 Å². The molecule has 5 rings (SSSR count). The van der Waals surface area contributed by atoms with Gasteiger partial charge >= 0.3 is 12.1 Å². The van der Waals surface area contributed by atoms with Crippen LogP contribution >= 0.6 is 0 Å². The topological polar surface area (TPSA) is 93.9 Å². The molecule has 1 amide bonds. The number of carbonyl (C=O) groups excluding carboxylic acids is 1. The van der Waals surface area contributed by atoms with Crippen molar-refractivity contribution >= 4 is 28.8 Å². The zero-order valence-electron chi connectivity index (χ0n) is 21.4. The van der Waals surface area contributed by atoms with Crippen molar-refractivity contribution in [3.63, 3.8) is 0 Å². The Morgan fingerprint density at radius 3 is 2.76 bits per heavy atom.